The van der Waals surface area contributed by atoms with Gasteiger partial charge in [-0.15, -0.1) is 11.6 Å². The van der Waals surface area contributed by atoms with Crippen LogP contribution >= 0.6 is 11.6 Å². The summed E-state index contributed by atoms with van der Waals surface area (Å²) in [5.41, 5.74) is -0.0718. The Balaban J connectivity index is 1.91. The van der Waals surface area contributed by atoms with Crippen molar-refractivity contribution < 1.29 is 9.53 Å². The van der Waals surface area contributed by atoms with E-state index >= 15 is 0 Å². The zero-order valence-corrected chi connectivity index (χ0v) is 12.4. The predicted octanol–water partition coefficient (Wildman–Crippen LogP) is 3.65. The lowest BCUT2D eigenvalue weighted by atomic mass is 9.85. The first-order chi connectivity index (χ1) is 8.34. The minimum Gasteiger partial charge on any atom is -0.444 e. The van der Waals surface area contributed by atoms with Crippen LogP contribution in [0.25, 0.3) is 0 Å². The van der Waals surface area contributed by atoms with E-state index in [2.05, 4.69) is 0 Å². The van der Waals surface area contributed by atoms with Crippen molar-refractivity contribution in [2.75, 3.05) is 19.0 Å². The smallest absolute Gasteiger partial charge is 0.410 e. The largest absolute Gasteiger partial charge is 0.444 e. The minimum absolute atomic E-state index is 0.159. The van der Waals surface area contributed by atoms with Gasteiger partial charge >= 0.3 is 6.09 Å². The summed E-state index contributed by atoms with van der Waals surface area (Å²) < 4.78 is 5.44. The lowest BCUT2D eigenvalue weighted by Crippen LogP contribution is -2.36. The Morgan fingerprint density at radius 3 is 2.72 bits per heavy atom. The van der Waals surface area contributed by atoms with Crippen LogP contribution in [0.5, 0.6) is 0 Å². The Morgan fingerprint density at radius 1 is 1.44 bits per heavy atom. The molecule has 0 aromatic heterocycles. The van der Waals surface area contributed by atoms with E-state index in [-0.39, 0.29) is 6.09 Å². The Hall–Kier alpha value is -0.440. The molecule has 1 amide bonds. The molecule has 2 rings (SSSR count). The van der Waals surface area contributed by atoms with Crippen molar-refractivity contribution in [2.24, 2.45) is 11.3 Å². The van der Waals surface area contributed by atoms with E-state index in [0.717, 1.165) is 25.4 Å². The molecule has 18 heavy (non-hydrogen) atoms. The zero-order valence-electron chi connectivity index (χ0n) is 11.7. The molecule has 1 saturated carbocycles. The van der Waals surface area contributed by atoms with Crippen molar-refractivity contribution >= 4 is 17.7 Å². The van der Waals surface area contributed by atoms with Crippen LogP contribution in [0, 0.1) is 11.3 Å². The van der Waals surface area contributed by atoms with Crippen molar-refractivity contribution in [1.29, 1.82) is 0 Å². The first kappa shape index (κ1) is 14.0. The molecule has 1 spiro atoms. The molecule has 0 bridgehead atoms. The van der Waals surface area contributed by atoms with Crippen LogP contribution in [0.15, 0.2) is 0 Å². The molecule has 1 aliphatic heterocycles. The number of ether oxygens (including phenoxy) is 1. The molecule has 2 fully saturated rings. The highest BCUT2D eigenvalue weighted by atomic mass is 35.5. The zero-order chi connectivity index (χ0) is 13.4. The van der Waals surface area contributed by atoms with Crippen LogP contribution in [0.4, 0.5) is 4.79 Å². The monoisotopic (exact) mass is 273 g/mol. The van der Waals surface area contributed by atoms with E-state index in [1.54, 1.807) is 0 Å². The van der Waals surface area contributed by atoms with E-state index in [4.69, 9.17) is 16.3 Å². The quantitative estimate of drug-likeness (QED) is 0.683. The highest BCUT2D eigenvalue weighted by Crippen LogP contribution is 2.48. The number of alkyl halides is 1. The topological polar surface area (TPSA) is 29.5 Å². The van der Waals surface area contributed by atoms with E-state index in [1.807, 2.05) is 25.7 Å². The number of hydrogen-bond acceptors (Lipinski definition) is 2. The highest BCUT2D eigenvalue weighted by molar-refractivity contribution is 6.18. The summed E-state index contributed by atoms with van der Waals surface area (Å²) in [6, 6.07) is 0. The number of hydrogen-bond donors (Lipinski definition) is 0. The molecule has 1 saturated heterocycles. The Bertz CT molecular complexity index is 326. The number of halogens is 1. The third-order valence-corrected chi connectivity index (χ3v) is 4.55. The summed E-state index contributed by atoms with van der Waals surface area (Å²) in [5, 5.41) is 0. The molecule has 3 nitrogen and oxygen atoms in total. The van der Waals surface area contributed by atoms with Gasteiger partial charge in [0, 0.05) is 19.0 Å². The third-order valence-electron chi connectivity index (χ3n) is 4.11. The summed E-state index contributed by atoms with van der Waals surface area (Å²) in [4.78, 5) is 13.9. The van der Waals surface area contributed by atoms with Gasteiger partial charge in [0.25, 0.3) is 0 Å². The molecule has 1 heterocycles. The highest BCUT2D eigenvalue weighted by Gasteiger charge is 2.45. The van der Waals surface area contributed by atoms with Gasteiger partial charge in [-0.05, 0) is 57.8 Å². The molecule has 0 aromatic carbocycles. The molecule has 0 radical (unpaired) electrons. The molecular weight excluding hydrogens is 250 g/mol. The number of carbonyl (C=O) groups excluding carboxylic acids is 1. The van der Waals surface area contributed by atoms with Gasteiger partial charge in [-0.3, -0.25) is 0 Å². The second-order valence-corrected chi connectivity index (χ2v) is 7.22. The van der Waals surface area contributed by atoms with Crippen molar-refractivity contribution in [3.05, 3.63) is 0 Å². The summed E-state index contributed by atoms with van der Waals surface area (Å²) in [5.74, 6) is 1.40. The standard InChI is InChI=1S/C14H24ClNO2/c1-13(2,3)18-12(17)16-7-6-14(10-16)5-4-11(8-14)9-15/h11H,4-10H2,1-3H3/t11-,14+/m0/s1. The molecule has 104 valence electrons. The van der Waals surface area contributed by atoms with Gasteiger partial charge in [0.1, 0.15) is 5.60 Å². The lowest BCUT2D eigenvalue weighted by molar-refractivity contribution is 0.0273. The van der Waals surface area contributed by atoms with Gasteiger partial charge in [0.15, 0.2) is 0 Å². The molecule has 2 atom stereocenters. The molecule has 4 heteroatoms. The Morgan fingerprint density at radius 2 is 2.17 bits per heavy atom. The Labute approximate surface area is 115 Å². The fraction of sp³-hybridized carbons (Fsp3) is 0.929. The number of carbonyl (C=O) groups is 1. The molecule has 0 unspecified atom stereocenters. The number of amides is 1. The number of likely N-dealkylation sites (tertiary alicyclic amines) is 1. The van der Waals surface area contributed by atoms with Crippen LogP contribution in [0.3, 0.4) is 0 Å². The summed E-state index contributed by atoms with van der Waals surface area (Å²) >= 11 is 5.95. The maximum atomic E-state index is 12.0. The van der Waals surface area contributed by atoms with Crippen molar-refractivity contribution in [3.8, 4) is 0 Å². The lowest BCUT2D eigenvalue weighted by Gasteiger charge is -2.27. The molecular formula is C14H24ClNO2. The minimum atomic E-state index is -0.402. The fourth-order valence-electron chi connectivity index (χ4n) is 3.25. The second-order valence-electron chi connectivity index (χ2n) is 6.92. The first-order valence-corrected chi connectivity index (χ1v) is 7.41. The first-order valence-electron chi connectivity index (χ1n) is 6.87. The van der Waals surface area contributed by atoms with E-state index in [1.165, 1.54) is 19.3 Å². The predicted molar refractivity (Wildman–Crippen MR) is 72.9 cm³/mol. The van der Waals surface area contributed by atoms with Crippen molar-refractivity contribution in [3.63, 3.8) is 0 Å². The Kier molecular flexibility index (Phi) is 3.82. The van der Waals surface area contributed by atoms with Gasteiger partial charge in [-0.25, -0.2) is 4.79 Å². The van der Waals surface area contributed by atoms with Crippen molar-refractivity contribution in [1.82, 2.24) is 4.90 Å². The third kappa shape index (κ3) is 3.11. The molecule has 2 aliphatic rings. The van der Waals surface area contributed by atoms with E-state index in [0.29, 0.717) is 11.3 Å². The van der Waals surface area contributed by atoms with Gasteiger partial charge in [0.2, 0.25) is 0 Å². The van der Waals surface area contributed by atoms with Crippen molar-refractivity contribution in [2.45, 2.75) is 52.1 Å². The summed E-state index contributed by atoms with van der Waals surface area (Å²) in [7, 11) is 0. The fourth-order valence-corrected chi connectivity index (χ4v) is 3.51. The summed E-state index contributed by atoms with van der Waals surface area (Å²) in [6.07, 6.45) is 4.55. The van der Waals surface area contributed by atoms with Crippen LogP contribution in [0.2, 0.25) is 0 Å². The molecule has 0 N–H and O–H groups in total. The van der Waals surface area contributed by atoms with Gasteiger partial charge in [-0.2, -0.15) is 0 Å². The molecule has 0 aromatic rings. The van der Waals surface area contributed by atoms with Gasteiger partial charge < -0.3 is 9.64 Å². The second kappa shape index (κ2) is 4.92. The SMILES string of the molecule is CC(C)(C)OC(=O)N1CC[C@@]2(CC[C@H](CCl)C2)C1. The normalized spacial score (nSPS) is 32.2. The average molecular weight is 274 g/mol. The maximum absolute atomic E-state index is 12.0. The number of nitrogens with zero attached hydrogens (tertiary/aromatic N) is 1. The van der Waals surface area contributed by atoms with E-state index < -0.39 is 5.60 Å². The van der Waals surface area contributed by atoms with Gasteiger partial charge in [-0.1, -0.05) is 0 Å². The van der Waals surface area contributed by atoms with Crippen LogP contribution in [-0.4, -0.2) is 35.6 Å². The summed E-state index contributed by atoms with van der Waals surface area (Å²) in [6.45, 7) is 7.43. The maximum Gasteiger partial charge on any atom is 0.410 e. The number of rotatable bonds is 1. The van der Waals surface area contributed by atoms with Crippen LogP contribution in [0.1, 0.15) is 46.5 Å². The van der Waals surface area contributed by atoms with Crippen LogP contribution < -0.4 is 0 Å². The van der Waals surface area contributed by atoms with E-state index in [9.17, 15) is 4.79 Å². The average Bonchev–Trinajstić information content (AvgIpc) is 2.84. The van der Waals surface area contributed by atoms with Gasteiger partial charge in [0.05, 0.1) is 0 Å². The van der Waals surface area contributed by atoms with Crippen LogP contribution in [-0.2, 0) is 4.74 Å². The molecule has 1 aliphatic carbocycles.